The maximum absolute atomic E-state index is 12.3. The van der Waals surface area contributed by atoms with Gasteiger partial charge in [-0.3, -0.25) is 25.2 Å². The van der Waals surface area contributed by atoms with Gasteiger partial charge in [0.2, 0.25) is 5.91 Å². The zero-order valence-electron chi connectivity index (χ0n) is 15.4. The van der Waals surface area contributed by atoms with Crippen molar-refractivity contribution < 1.29 is 14.4 Å². The summed E-state index contributed by atoms with van der Waals surface area (Å²) in [6, 6.07) is 10.8. The molecule has 0 bridgehead atoms. The van der Waals surface area contributed by atoms with Crippen LogP contribution in [-0.4, -0.2) is 17.6 Å². The maximum Gasteiger partial charge on any atom is 0.279 e. The van der Waals surface area contributed by atoms with Crippen LogP contribution in [-0.2, 0) is 17.6 Å². The van der Waals surface area contributed by atoms with Gasteiger partial charge in [-0.25, -0.2) is 0 Å². The van der Waals surface area contributed by atoms with Gasteiger partial charge in [0.15, 0.2) is 5.78 Å². The minimum absolute atomic E-state index is 0.0348. The molecule has 0 unspecified atom stereocenters. The van der Waals surface area contributed by atoms with Gasteiger partial charge in [-0.15, -0.1) is 11.3 Å². The molecule has 0 radical (unpaired) electrons. The van der Waals surface area contributed by atoms with Gasteiger partial charge in [0.25, 0.3) is 5.91 Å². The van der Waals surface area contributed by atoms with Gasteiger partial charge >= 0.3 is 0 Å². The Morgan fingerprint density at radius 2 is 1.89 bits per heavy atom. The molecule has 5 nitrogen and oxygen atoms in total. The van der Waals surface area contributed by atoms with E-state index in [1.54, 1.807) is 24.3 Å². The number of hydrogen-bond acceptors (Lipinski definition) is 4. The van der Waals surface area contributed by atoms with E-state index in [0.717, 1.165) is 19.3 Å². The zero-order valence-corrected chi connectivity index (χ0v) is 16.2. The molecule has 2 aromatic rings. The molecule has 3 rings (SSSR count). The number of amides is 2. The van der Waals surface area contributed by atoms with Crippen LogP contribution < -0.4 is 10.9 Å². The number of fused-ring (bicyclic) bond motifs is 1. The van der Waals surface area contributed by atoms with Crippen LogP contribution in [0.2, 0.25) is 0 Å². The van der Waals surface area contributed by atoms with Gasteiger partial charge in [-0.1, -0.05) is 43.7 Å². The summed E-state index contributed by atoms with van der Waals surface area (Å²) >= 11 is 1.51. The van der Waals surface area contributed by atoms with Gasteiger partial charge in [0.05, 0.1) is 4.88 Å². The van der Waals surface area contributed by atoms with E-state index in [1.165, 1.54) is 28.2 Å². The molecule has 1 aromatic carbocycles. The van der Waals surface area contributed by atoms with Crippen molar-refractivity contribution in [2.24, 2.45) is 5.92 Å². The molecule has 1 aliphatic rings. The van der Waals surface area contributed by atoms with Crippen molar-refractivity contribution in [3.05, 3.63) is 57.3 Å². The number of hydrogen-bond donors (Lipinski definition) is 2. The number of benzene rings is 1. The van der Waals surface area contributed by atoms with Gasteiger partial charge in [0, 0.05) is 23.3 Å². The largest absolute Gasteiger partial charge is 0.294 e. The number of nitrogens with one attached hydrogen (secondary N) is 2. The third-order valence-corrected chi connectivity index (χ3v) is 6.21. The fraction of sp³-hybridized carbons (Fsp3) is 0.381. The van der Waals surface area contributed by atoms with Crippen molar-refractivity contribution in [1.82, 2.24) is 10.9 Å². The average Bonchev–Trinajstić information content (AvgIpc) is 3.14. The monoisotopic (exact) mass is 384 g/mol. The number of aryl methyl sites for hydroxylation is 1. The number of thiophene rings is 1. The average molecular weight is 385 g/mol. The second-order valence-corrected chi connectivity index (χ2v) is 8.00. The highest BCUT2D eigenvalue weighted by Crippen LogP contribution is 2.33. The van der Waals surface area contributed by atoms with E-state index in [1.807, 2.05) is 12.1 Å². The lowest BCUT2D eigenvalue weighted by atomic mass is 9.87. The summed E-state index contributed by atoms with van der Waals surface area (Å²) in [5, 5.41) is 0. The molecule has 0 fully saturated rings. The summed E-state index contributed by atoms with van der Waals surface area (Å²) in [5.41, 5.74) is 6.71. The summed E-state index contributed by atoms with van der Waals surface area (Å²) < 4.78 is 0. The quantitative estimate of drug-likeness (QED) is 0.589. The van der Waals surface area contributed by atoms with Crippen LogP contribution in [0.4, 0.5) is 0 Å². The number of carbonyl (C=O) groups is 3. The summed E-state index contributed by atoms with van der Waals surface area (Å²) in [6.45, 7) is 2.20. The van der Waals surface area contributed by atoms with Crippen LogP contribution >= 0.6 is 11.3 Å². The number of Topliss-reactive ketones (excluding diaryl/α,β-unsaturated/α-hetero) is 1. The third-order valence-electron chi connectivity index (χ3n) is 4.98. The van der Waals surface area contributed by atoms with Crippen molar-refractivity contribution >= 4 is 28.9 Å². The summed E-state index contributed by atoms with van der Waals surface area (Å²) in [5.74, 6) is -0.0662. The molecule has 1 atom stereocenters. The predicted molar refractivity (Wildman–Crippen MR) is 106 cm³/mol. The van der Waals surface area contributed by atoms with Crippen molar-refractivity contribution in [2.45, 2.75) is 45.4 Å². The Bertz CT molecular complexity index is 829. The fourth-order valence-electron chi connectivity index (χ4n) is 3.31. The SMILES string of the molecule is CC[C@@H]1CCc2sc(C(=O)NNC(=O)CCC(=O)c3ccccc3)cc2C1. The van der Waals surface area contributed by atoms with E-state index in [2.05, 4.69) is 17.8 Å². The van der Waals surface area contributed by atoms with E-state index in [4.69, 9.17) is 0 Å². The fourth-order valence-corrected chi connectivity index (χ4v) is 4.41. The molecule has 0 spiro atoms. The molecule has 2 amide bonds. The molecule has 0 aliphatic heterocycles. The second kappa shape index (κ2) is 8.95. The lowest BCUT2D eigenvalue weighted by molar-refractivity contribution is -0.121. The van der Waals surface area contributed by atoms with Crippen molar-refractivity contribution in [2.75, 3.05) is 0 Å². The minimum atomic E-state index is -0.375. The maximum atomic E-state index is 12.3. The van der Waals surface area contributed by atoms with Crippen LogP contribution in [0.1, 0.15) is 63.1 Å². The third kappa shape index (κ3) is 5.04. The Morgan fingerprint density at radius 3 is 2.63 bits per heavy atom. The molecule has 0 saturated heterocycles. The molecule has 27 heavy (non-hydrogen) atoms. The van der Waals surface area contributed by atoms with E-state index < -0.39 is 0 Å². The van der Waals surface area contributed by atoms with Crippen LogP contribution in [0.3, 0.4) is 0 Å². The number of carbonyl (C=O) groups excluding carboxylic acids is 3. The second-order valence-electron chi connectivity index (χ2n) is 6.87. The highest BCUT2D eigenvalue weighted by molar-refractivity contribution is 7.14. The molecule has 1 aliphatic carbocycles. The highest BCUT2D eigenvalue weighted by atomic mass is 32.1. The minimum Gasteiger partial charge on any atom is -0.294 e. The lowest BCUT2D eigenvalue weighted by Gasteiger charge is -2.19. The lowest BCUT2D eigenvalue weighted by Crippen LogP contribution is -2.41. The molecule has 6 heteroatoms. The first-order valence-electron chi connectivity index (χ1n) is 9.35. The molecular formula is C21H24N2O3S. The summed E-state index contributed by atoms with van der Waals surface area (Å²) in [4.78, 5) is 38.1. The number of rotatable bonds is 6. The molecule has 1 aromatic heterocycles. The number of hydrazine groups is 1. The van der Waals surface area contributed by atoms with Gasteiger partial charge in [-0.05, 0) is 36.8 Å². The van der Waals surface area contributed by atoms with Gasteiger partial charge < -0.3 is 0 Å². The molecule has 0 saturated carbocycles. The van der Waals surface area contributed by atoms with Gasteiger partial charge in [0.1, 0.15) is 0 Å². The standard InChI is InChI=1S/C21H24N2O3S/c1-2-14-8-10-18-16(12-14)13-19(27-18)21(26)23-22-20(25)11-9-17(24)15-6-4-3-5-7-15/h3-7,13-14H,2,8-12H2,1H3,(H,22,25)(H,23,26)/t14-/m1/s1. The van der Waals surface area contributed by atoms with Crippen LogP contribution in [0.15, 0.2) is 36.4 Å². The molecular weight excluding hydrogens is 360 g/mol. The van der Waals surface area contributed by atoms with E-state index in [-0.39, 0.29) is 30.4 Å². The first kappa shape index (κ1) is 19.3. The highest BCUT2D eigenvalue weighted by Gasteiger charge is 2.22. The first-order valence-corrected chi connectivity index (χ1v) is 10.2. The van der Waals surface area contributed by atoms with Gasteiger partial charge in [-0.2, -0.15) is 0 Å². The van der Waals surface area contributed by atoms with Crippen molar-refractivity contribution in [1.29, 1.82) is 0 Å². The molecule has 2 N–H and O–H groups in total. The number of ketones is 1. The normalized spacial score (nSPS) is 15.7. The predicted octanol–water partition coefficient (Wildman–Crippen LogP) is 3.69. The summed E-state index contributed by atoms with van der Waals surface area (Å²) in [6.07, 6.45) is 4.54. The Morgan fingerprint density at radius 1 is 1.11 bits per heavy atom. The van der Waals surface area contributed by atoms with Crippen LogP contribution in [0.25, 0.3) is 0 Å². The summed E-state index contributed by atoms with van der Waals surface area (Å²) in [7, 11) is 0. The van der Waals surface area contributed by atoms with Crippen LogP contribution in [0.5, 0.6) is 0 Å². The molecule has 142 valence electrons. The van der Waals surface area contributed by atoms with E-state index >= 15 is 0 Å². The Kier molecular flexibility index (Phi) is 6.40. The zero-order chi connectivity index (χ0) is 19.2. The topological polar surface area (TPSA) is 75.3 Å². The Balaban J connectivity index is 1.46. The molecule has 1 heterocycles. The Hall–Kier alpha value is -2.47. The first-order chi connectivity index (χ1) is 13.1. The smallest absolute Gasteiger partial charge is 0.279 e. The van der Waals surface area contributed by atoms with E-state index in [0.29, 0.717) is 16.4 Å². The van der Waals surface area contributed by atoms with Crippen molar-refractivity contribution in [3.63, 3.8) is 0 Å². The Labute approximate surface area is 163 Å². The van der Waals surface area contributed by atoms with Crippen LogP contribution in [0, 0.1) is 5.92 Å². The van der Waals surface area contributed by atoms with E-state index in [9.17, 15) is 14.4 Å². The van der Waals surface area contributed by atoms with Crippen molar-refractivity contribution in [3.8, 4) is 0 Å².